The molecule has 1 unspecified atom stereocenters. The number of carbonyl (C=O) groups excluding carboxylic acids is 1. The van der Waals surface area contributed by atoms with E-state index in [0.29, 0.717) is 18.7 Å². The molecule has 0 saturated heterocycles. The van der Waals surface area contributed by atoms with Crippen molar-refractivity contribution >= 4 is 5.91 Å². The summed E-state index contributed by atoms with van der Waals surface area (Å²) in [6, 6.07) is 1.51. The van der Waals surface area contributed by atoms with E-state index >= 15 is 0 Å². The molecule has 0 spiro atoms. The molecule has 20 heavy (non-hydrogen) atoms. The number of phenolic OH excluding ortho intramolecular Hbond substituents is 1. The molecule has 0 aliphatic rings. The van der Waals surface area contributed by atoms with Crippen LogP contribution in [0.2, 0.25) is 0 Å². The van der Waals surface area contributed by atoms with E-state index in [-0.39, 0.29) is 12.5 Å². The quantitative estimate of drug-likeness (QED) is 0.652. The van der Waals surface area contributed by atoms with Gasteiger partial charge in [0.1, 0.15) is 0 Å². The third kappa shape index (κ3) is 4.75. The van der Waals surface area contributed by atoms with Crippen LogP contribution >= 0.6 is 0 Å². The molecule has 0 radical (unpaired) electrons. The first-order valence-corrected chi connectivity index (χ1v) is 6.12. The lowest BCUT2D eigenvalue weighted by atomic mass is 10.2. The SMILES string of the molecule is COCCNC(=O)C(C)NCc1cc(F)c(O)c(F)c1. The van der Waals surface area contributed by atoms with Crippen LogP contribution in [0.1, 0.15) is 12.5 Å². The second-order valence-electron chi connectivity index (χ2n) is 4.29. The van der Waals surface area contributed by atoms with Crippen molar-refractivity contribution in [3.05, 3.63) is 29.3 Å². The molecule has 0 aromatic heterocycles. The molecular formula is C13H18F2N2O3. The van der Waals surface area contributed by atoms with E-state index in [0.717, 1.165) is 12.1 Å². The highest BCUT2D eigenvalue weighted by molar-refractivity contribution is 5.81. The fourth-order valence-corrected chi connectivity index (χ4v) is 1.51. The van der Waals surface area contributed by atoms with Crippen LogP contribution in [-0.4, -0.2) is 37.3 Å². The Morgan fingerprint density at radius 3 is 2.55 bits per heavy atom. The zero-order chi connectivity index (χ0) is 15.1. The summed E-state index contributed by atoms with van der Waals surface area (Å²) >= 11 is 0. The number of methoxy groups -OCH3 is 1. The molecule has 0 bridgehead atoms. The highest BCUT2D eigenvalue weighted by atomic mass is 19.1. The van der Waals surface area contributed by atoms with Crippen molar-refractivity contribution in [3.63, 3.8) is 0 Å². The highest BCUT2D eigenvalue weighted by Gasteiger charge is 2.13. The predicted molar refractivity (Wildman–Crippen MR) is 69.2 cm³/mol. The zero-order valence-electron chi connectivity index (χ0n) is 11.4. The molecule has 5 nitrogen and oxygen atoms in total. The minimum atomic E-state index is -1.03. The van der Waals surface area contributed by atoms with Crippen LogP contribution in [0.3, 0.4) is 0 Å². The summed E-state index contributed by atoms with van der Waals surface area (Å²) in [5, 5.41) is 14.4. The number of benzene rings is 1. The number of hydrogen-bond donors (Lipinski definition) is 3. The van der Waals surface area contributed by atoms with Crippen LogP contribution in [0.5, 0.6) is 5.75 Å². The van der Waals surface area contributed by atoms with Crippen molar-refractivity contribution < 1.29 is 23.4 Å². The van der Waals surface area contributed by atoms with Crippen molar-refractivity contribution in [2.75, 3.05) is 20.3 Å². The fraction of sp³-hybridized carbons (Fsp3) is 0.462. The van der Waals surface area contributed by atoms with Gasteiger partial charge in [0.15, 0.2) is 17.4 Å². The molecule has 0 fully saturated rings. The Bertz CT molecular complexity index is 446. The molecule has 0 aliphatic carbocycles. The van der Waals surface area contributed by atoms with E-state index in [4.69, 9.17) is 9.84 Å². The first-order valence-electron chi connectivity index (χ1n) is 6.12. The van der Waals surface area contributed by atoms with Crippen molar-refractivity contribution in [2.45, 2.75) is 19.5 Å². The number of nitrogens with one attached hydrogen (secondary N) is 2. The standard InChI is InChI=1S/C13H18F2N2O3/c1-8(13(19)16-3-4-20-2)17-7-9-5-10(14)12(18)11(15)6-9/h5-6,8,17-18H,3-4,7H2,1-2H3,(H,16,19). The van der Waals surface area contributed by atoms with Gasteiger partial charge in [-0.15, -0.1) is 0 Å². The van der Waals surface area contributed by atoms with Crippen LogP contribution in [0, 0.1) is 11.6 Å². The van der Waals surface area contributed by atoms with E-state index in [2.05, 4.69) is 10.6 Å². The van der Waals surface area contributed by atoms with Crippen LogP contribution in [0.25, 0.3) is 0 Å². The number of hydrogen-bond acceptors (Lipinski definition) is 4. The van der Waals surface area contributed by atoms with Crippen LogP contribution in [0.4, 0.5) is 8.78 Å². The van der Waals surface area contributed by atoms with Gasteiger partial charge in [-0.05, 0) is 24.6 Å². The number of amides is 1. The maximum atomic E-state index is 13.1. The molecule has 0 saturated carbocycles. The third-order valence-corrected chi connectivity index (χ3v) is 2.69. The second-order valence-corrected chi connectivity index (χ2v) is 4.29. The van der Waals surface area contributed by atoms with Crippen LogP contribution in [-0.2, 0) is 16.1 Å². The van der Waals surface area contributed by atoms with Gasteiger partial charge in [0, 0.05) is 20.2 Å². The minimum Gasteiger partial charge on any atom is -0.503 e. The Morgan fingerprint density at radius 1 is 1.40 bits per heavy atom. The number of ether oxygens (including phenoxy) is 1. The number of rotatable bonds is 7. The van der Waals surface area contributed by atoms with Gasteiger partial charge >= 0.3 is 0 Å². The Morgan fingerprint density at radius 2 is 2.00 bits per heavy atom. The normalized spacial score (nSPS) is 12.2. The highest BCUT2D eigenvalue weighted by Crippen LogP contribution is 2.21. The lowest BCUT2D eigenvalue weighted by molar-refractivity contribution is -0.122. The van der Waals surface area contributed by atoms with Crippen molar-refractivity contribution in [2.24, 2.45) is 0 Å². The van der Waals surface area contributed by atoms with Crippen molar-refractivity contribution in [1.29, 1.82) is 0 Å². The van der Waals surface area contributed by atoms with E-state index in [1.165, 1.54) is 7.11 Å². The largest absolute Gasteiger partial charge is 0.503 e. The Kier molecular flexibility index (Phi) is 6.33. The van der Waals surface area contributed by atoms with Gasteiger partial charge in [-0.1, -0.05) is 0 Å². The van der Waals surface area contributed by atoms with Gasteiger partial charge < -0.3 is 20.5 Å². The maximum absolute atomic E-state index is 13.1. The fourth-order valence-electron chi connectivity index (χ4n) is 1.51. The molecule has 0 heterocycles. The summed E-state index contributed by atoms with van der Waals surface area (Å²) in [5.41, 5.74) is 0.300. The first kappa shape index (κ1) is 16.3. The third-order valence-electron chi connectivity index (χ3n) is 2.69. The van der Waals surface area contributed by atoms with E-state index < -0.39 is 23.4 Å². The molecule has 3 N–H and O–H groups in total. The van der Waals surface area contributed by atoms with Gasteiger partial charge in [-0.3, -0.25) is 4.79 Å². The topological polar surface area (TPSA) is 70.6 Å². The smallest absolute Gasteiger partial charge is 0.236 e. The van der Waals surface area contributed by atoms with Gasteiger partial charge in [0.2, 0.25) is 5.91 Å². The summed E-state index contributed by atoms with van der Waals surface area (Å²) in [6.07, 6.45) is 0. The summed E-state index contributed by atoms with van der Waals surface area (Å²) in [4.78, 5) is 11.6. The van der Waals surface area contributed by atoms with Gasteiger partial charge in [-0.2, -0.15) is 0 Å². The summed E-state index contributed by atoms with van der Waals surface area (Å²) in [5.74, 6) is -3.29. The first-order chi connectivity index (χ1) is 9.45. The average molecular weight is 288 g/mol. The molecule has 1 atom stereocenters. The molecule has 1 rings (SSSR count). The van der Waals surface area contributed by atoms with Gasteiger partial charge in [0.05, 0.1) is 12.6 Å². The molecule has 1 aromatic rings. The maximum Gasteiger partial charge on any atom is 0.236 e. The second kappa shape index (κ2) is 7.76. The summed E-state index contributed by atoms with van der Waals surface area (Å²) in [7, 11) is 1.53. The molecule has 7 heteroatoms. The van der Waals surface area contributed by atoms with Gasteiger partial charge in [-0.25, -0.2) is 8.78 Å². The molecule has 0 aliphatic heterocycles. The Labute approximate surface area is 115 Å². The summed E-state index contributed by atoms with van der Waals surface area (Å²) in [6.45, 7) is 2.54. The number of carbonyl (C=O) groups is 1. The average Bonchev–Trinajstić information content (AvgIpc) is 2.42. The lowest BCUT2D eigenvalue weighted by Crippen LogP contribution is -2.42. The van der Waals surface area contributed by atoms with E-state index in [1.807, 2.05) is 0 Å². The minimum absolute atomic E-state index is 0.104. The number of aromatic hydroxyl groups is 1. The molecule has 112 valence electrons. The molecule has 1 aromatic carbocycles. The van der Waals surface area contributed by atoms with Crippen molar-refractivity contribution in [1.82, 2.24) is 10.6 Å². The van der Waals surface area contributed by atoms with E-state index in [9.17, 15) is 13.6 Å². The van der Waals surface area contributed by atoms with E-state index in [1.54, 1.807) is 6.92 Å². The van der Waals surface area contributed by atoms with Crippen LogP contribution in [0.15, 0.2) is 12.1 Å². The van der Waals surface area contributed by atoms with Crippen LogP contribution < -0.4 is 10.6 Å². The molecular weight excluding hydrogens is 270 g/mol. The van der Waals surface area contributed by atoms with Gasteiger partial charge in [0.25, 0.3) is 0 Å². The van der Waals surface area contributed by atoms with Crippen molar-refractivity contribution in [3.8, 4) is 5.75 Å². The summed E-state index contributed by atoms with van der Waals surface area (Å²) < 4.78 is 31.0. The predicted octanol–water partition coefficient (Wildman–Crippen LogP) is 0.911. The Hall–Kier alpha value is -1.73. The zero-order valence-corrected chi connectivity index (χ0v) is 11.4. The number of phenols is 1. The number of halogens is 2. The Balaban J connectivity index is 2.48. The molecule has 1 amide bonds. The monoisotopic (exact) mass is 288 g/mol. The lowest BCUT2D eigenvalue weighted by Gasteiger charge is -2.14.